The fraction of sp³-hybridized carbons (Fsp3) is 0.250. The molecule has 2 nitrogen and oxygen atoms in total. The number of aromatic amines is 1. The number of fused-ring (bicyclic) bond motifs is 1. The molecule has 0 radical (unpaired) electrons. The van der Waals surface area contributed by atoms with E-state index in [1.807, 2.05) is 12.1 Å². The number of aromatic nitrogens is 1. The van der Waals surface area contributed by atoms with Gasteiger partial charge in [-0.1, -0.05) is 11.6 Å². The highest BCUT2D eigenvalue weighted by molar-refractivity contribution is 7.19. The number of halogens is 2. The summed E-state index contributed by atoms with van der Waals surface area (Å²) >= 11 is 7.57. The van der Waals surface area contributed by atoms with Gasteiger partial charge in [-0.2, -0.15) is 0 Å². The first kappa shape index (κ1) is 14.6. The maximum atomic E-state index is 13.6. The van der Waals surface area contributed by atoms with Crippen molar-refractivity contribution in [3.63, 3.8) is 0 Å². The Kier molecular flexibility index (Phi) is 4.29. The fourth-order valence-electron chi connectivity index (χ4n) is 2.58. The Morgan fingerprint density at radius 3 is 2.76 bits per heavy atom. The van der Waals surface area contributed by atoms with E-state index in [-0.39, 0.29) is 5.82 Å². The van der Waals surface area contributed by atoms with E-state index in [0.717, 1.165) is 50.6 Å². The molecule has 0 aliphatic rings. The topological polar surface area (TPSA) is 41.8 Å². The van der Waals surface area contributed by atoms with Crippen LogP contribution in [0.4, 0.5) is 4.39 Å². The number of thiophene rings is 1. The molecular weight excluding hydrogens is 307 g/mol. The number of unbranched alkanes of at least 4 members (excludes halogenated alkanes) is 1. The third-order valence-electron chi connectivity index (χ3n) is 3.57. The third kappa shape index (κ3) is 2.98. The number of hydrogen-bond donors (Lipinski definition) is 2. The average molecular weight is 323 g/mol. The average Bonchev–Trinajstić information content (AvgIpc) is 3.03. The molecule has 0 saturated carbocycles. The summed E-state index contributed by atoms with van der Waals surface area (Å²) in [4.78, 5) is 4.48. The Morgan fingerprint density at radius 1 is 1.19 bits per heavy atom. The summed E-state index contributed by atoms with van der Waals surface area (Å²) in [7, 11) is 0. The molecule has 0 amide bonds. The van der Waals surface area contributed by atoms with Crippen LogP contribution in [0, 0.1) is 5.82 Å². The Labute approximate surface area is 131 Å². The van der Waals surface area contributed by atoms with Crippen LogP contribution < -0.4 is 5.73 Å². The van der Waals surface area contributed by atoms with E-state index in [9.17, 15) is 4.39 Å². The van der Waals surface area contributed by atoms with Gasteiger partial charge in [0.15, 0.2) is 0 Å². The second-order valence-electron chi connectivity index (χ2n) is 5.02. The predicted octanol–water partition coefficient (Wildman–Crippen LogP) is 4.97. The molecule has 0 aliphatic carbocycles. The molecule has 0 fully saturated rings. The molecule has 0 aliphatic heterocycles. The van der Waals surface area contributed by atoms with Crippen LogP contribution >= 0.6 is 22.9 Å². The number of H-pyrrole nitrogens is 1. The van der Waals surface area contributed by atoms with E-state index in [1.54, 1.807) is 12.1 Å². The molecule has 2 heterocycles. The van der Waals surface area contributed by atoms with Crippen molar-refractivity contribution in [3.8, 4) is 10.6 Å². The van der Waals surface area contributed by atoms with Crippen LogP contribution in [0.15, 0.2) is 30.3 Å². The van der Waals surface area contributed by atoms with Gasteiger partial charge in [-0.25, -0.2) is 4.39 Å². The summed E-state index contributed by atoms with van der Waals surface area (Å²) in [6.45, 7) is 0.677. The maximum Gasteiger partial charge on any atom is 0.123 e. The van der Waals surface area contributed by atoms with E-state index in [1.165, 1.54) is 17.4 Å². The third-order valence-corrected chi connectivity index (χ3v) is 4.82. The SMILES string of the molecule is NCCCCc1c(-c2ccc(Cl)s2)[nH]c2ccc(F)cc12. The molecule has 3 rings (SSSR count). The van der Waals surface area contributed by atoms with Gasteiger partial charge >= 0.3 is 0 Å². The Bertz CT molecular complexity index is 763. The number of hydrogen-bond acceptors (Lipinski definition) is 2. The lowest BCUT2D eigenvalue weighted by molar-refractivity contribution is 0.629. The van der Waals surface area contributed by atoms with Crippen LogP contribution in [0.2, 0.25) is 4.34 Å². The van der Waals surface area contributed by atoms with Crippen LogP contribution in [-0.4, -0.2) is 11.5 Å². The number of nitrogens with one attached hydrogen (secondary N) is 1. The van der Waals surface area contributed by atoms with Gasteiger partial charge in [0, 0.05) is 10.9 Å². The lowest BCUT2D eigenvalue weighted by Crippen LogP contribution is -1.99. The summed E-state index contributed by atoms with van der Waals surface area (Å²) in [6, 6.07) is 8.75. The van der Waals surface area contributed by atoms with Crippen molar-refractivity contribution in [2.24, 2.45) is 5.73 Å². The molecule has 2 aromatic heterocycles. The molecule has 5 heteroatoms. The Hall–Kier alpha value is -1.36. The quantitative estimate of drug-likeness (QED) is 0.640. The molecule has 0 saturated heterocycles. The van der Waals surface area contributed by atoms with Crippen molar-refractivity contribution in [2.45, 2.75) is 19.3 Å². The summed E-state index contributed by atoms with van der Waals surface area (Å²) < 4.78 is 14.3. The Morgan fingerprint density at radius 2 is 2.05 bits per heavy atom. The van der Waals surface area contributed by atoms with E-state index in [2.05, 4.69) is 4.98 Å². The van der Waals surface area contributed by atoms with Gasteiger partial charge in [0.1, 0.15) is 5.82 Å². The van der Waals surface area contributed by atoms with Gasteiger partial charge in [-0.05, 0) is 61.7 Å². The van der Waals surface area contributed by atoms with Crippen molar-refractivity contribution in [1.29, 1.82) is 0 Å². The van der Waals surface area contributed by atoms with Gasteiger partial charge < -0.3 is 10.7 Å². The molecule has 0 bridgehead atoms. The summed E-state index contributed by atoms with van der Waals surface area (Å²) in [6.07, 6.45) is 2.84. The number of rotatable bonds is 5. The van der Waals surface area contributed by atoms with Gasteiger partial charge in [0.25, 0.3) is 0 Å². The molecular formula is C16H16ClFN2S. The van der Waals surface area contributed by atoms with Crippen LogP contribution in [0.25, 0.3) is 21.5 Å². The normalized spacial score (nSPS) is 11.4. The zero-order chi connectivity index (χ0) is 14.8. The second kappa shape index (κ2) is 6.18. The standard InChI is InChI=1S/C16H16ClFN2S/c17-15-7-6-14(21-15)16-11(3-1-2-8-19)12-9-10(18)4-5-13(12)20-16/h4-7,9,20H,1-3,8,19H2. The molecule has 0 unspecified atom stereocenters. The van der Waals surface area contributed by atoms with Crippen molar-refractivity contribution < 1.29 is 4.39 Å². The highest BCUT2D eigenvalue weighted by Crippen LogP contribution is 2.37. The van der Waals surface area contributed by atoms with E-state index in [0.29, 0.717) is 6.54 Å². The van der Waals surface area contributed by atoms with Gasteiger partial charge in [-0.3, -0.25) is 0 Å². The highest BCUT2D eigenvalue weighted by Gasteiger charge is 2.15. The lowest BCUT2D eigenvalue weighted by Gasteiger charge is -2.03. The minimum atomic E-state index is -0.211. The molecule has 3 N–H and O–H groups in total. The monoisotopic (exact) mass is 322 g/mol. The van der Waals surface area contributed by atoms with Crippen LogP contribution in [0.5, 0.6) is 0 Å². The Balaban J connectivity index is 2.10. The minimum absolute atomic E-state index is 0.211. The first-order valence-electron chi connectivity index (χ1n) is 6.95. The van der Waals surface area contributed by atoms with Crippen molar-refractivity contribution in [2.75, 3.05) is 6.54 Å². The zero-order valence-corrected chi connectivity index (χ0v) is 13.0. The van der Waals surface area contributed by atoms with Crippen LogP contribution in [-0.2, 0) is 6.42 Å². The van der Waals surface area contributed by atoms with Crippen molar-refractivity contribution in [1.82, 2.24) is 4.98 Å². The smallest absolute Gasteiger partial charge is 0.123 e. The summed E-state index contributed by atoms with van der Waals surface area (Å²) in [5, 5.41) is 0.951. The predicted molar refractivity (Wildman–Crippen MR) is 88.6 cm³/mol. The van der Waals surface area contributed by atoms with Crippen molar-refractivity contribution in [3.05, 3.63) is 46.0 Å². The van der Waals surface area contributed by atoms with Gasteiger partial charge in [0.05, 0.1) is 14.9 Å². The van der Waals surface area contributed by atoms with Crippen LogP contribution in [0.3, 0.4) is 0 Å². The fourth-order valence-corrected chi connectivity index (χ4v) is 3.66. The van der Waals surface area contributed by atoms with Crippen molar-refractivity contribution >= 4 is 33.8 Å². The molecule has 0 atom stereocenters. The van der Waals surface area contributed by atoms with Gasteiger partial charge in [0.2, 0.25) is 0 Å². The zero-order valence-electron chi connectivity index (χ0n) is 11.5. The first-order valence-corrected chi connectivity index (χ1v) is 8.14. The highest BCUT2D eigenvalue weighted by atomic mass is 35.5. The first-order chi connectivity index (χ1) is 10.2. The van der Waals surface area contributed by atoms with E-state index in [4.69, 9.17) is 17.3 Å². The lowest BCUT2D eigenvalue weighted by atomic mass is 10.0. The number of benzene rings is 1. The second-order valence-corrected chi connectivity index (χ2v) is 6.73. The van der Waals surface area contributed by atoms with E-state index >= 15 is 0 Å². The molecule has 3 aromatic rings. The molecule has 110 valence electrons. The molecule has 1 aromatic carbocycles. The van der Waals surface area contributed by atoms with Crippen LogP contribution in [0.1, 0.15) is 18.4 Å². The maximum absolute atomic E-state index is 13.6. The number of aryl methyl sites for hydroxylation is 1. The number of nitrogens with two attached hydrogens (primary N) is 1. The molecule has 0 spiro atoms. The van der Waals surface area contributed by atoms with E-state index < -0.39 is 0 Å². The molecule has 21 heavy (non-hydrogen) atoms. The largest absolute Gasteiger partial charge is 0.354 e. The summed E-state index contributed by atoms with van der Waals surface area (Å²) in [5.41, 5.74) is 8.73. The minimum Gasteiger partial charge on any atom is -0.354 e. The van der Waals surface area contributed by atoms with Gasteiger partial charge in [-0.15, -0.1) is 11.3 Å². The summed E-state index contributed by atoms with van der Waals surface area (Å²) in [5.74, 6) is -0.211.